The minimum atomic E-state index is 0.171. The summed E-state index contributed by atoms with van der Waals surface area (Å²) in [5.41, 5.74) is 4.79. The number of aryl methyl sites for hydroxylation is 1. The van der Waals surface area contributed by atoms with Crippen LogP contribution in [0.1, 0.15) is 18.1 Å². The van der Waals surface area contributed by atoms with Crippen molar-refractivity contribution >= 4 is 8.46 Å². The lowest BCUT2D eigenvalue weighted by Gasteiger charge is -2.09. The minimum Gasteiger partial charge on any atom is -0.397 e. The molecular weight excluding hydrogens is 255 g/mol. The van der Waals surface area contributed by atoms with Crippen molar-refractivity contribution in [2.24, 2.45) is 0 Å². The third-order valence-electron chi connectivity index (χ3n) is 2.69. The smallest absolute Gasteiger partial charge is 0.160 e. The van der Waals surface area contributed by atoms with Gasteiger partial charge in [0.15, 0.2) is 8.46 Å². The topological polar surface area (TPSA) is 37.3 Å². The Morgan fingerprint density at radius 2 is 1.53 bits per heavy atom. The second-order valence-electron chi connectivity index (χ2n) is 4.08. The maximum absolute atomic E-state index is 10.7. The molecule has 2 aromatic carbocycles. The van der Waals surface area contributed by atoms with Gasteiger partial charge in [-0.2, -0.15) is 0 Å². The van der Waals surface area contributed by atoms with Crippen LogP contribution in [0.25, 0.3) is 11.1 Å². The zero-order valence-electron chi connectivity index (χ0n) is 11.3. The number of aliphatic hydroxyl groups excluding tert-OH is 1. The van der Waals surface area contributed by atoms with E-state index in [0.717, 1.165) is 5.56 Å². The lowest BCUT2D eigenvalue weighted by atomic mass is 9.97. The highest BCUT2D eigenvalue weighted by Crippen LogP contribution is 2.28. The first kappa shape index (κ1) is 15.6. The van der Waals surface area contributed by atoms with Crippen LogP contribution in [0.3, 0.4) is 0 Å². The molecule has 0 aliphatic rings. The molecule has 0 saturated heterocycles. The fourth-order valence-corrected chi connectivity index (χ4v) is 2.28. The standard InChI is InChI=1S/C14H13OP.C2H6O/c1-11-6-2-4-8-13(11)14-9-5-3-7-12(14)10-16-15;1-2-3/h2-9H,10H2,1H3;3H,2H2,1H3. The van der Waals surface area contributed by atoms with Gasteiger partial charge < -0.3 is 5.11 Å². The summed E-state index contributed by atoms with van der Waals surface area (Å²) in [7, 11) is 0.171. The van der Waals surface area contributed by atoms with E-state index in [0.29, 0.717) is 6.16 Å². The van der Waals surface area contributed by atoms with Crippen LogP contribution >= 0.6 is 8.46 Å². The first-order chi connectivity index (χ1) is 9.24. The lowest BCUT2D eigenvalue weighted by molar-refractivity contribution is 0.318. The van der Waals surface area contributed by atoms with E-state index in [9.17, 15) is 4.57 Å². The van der Waals surface area contributed by atoms with Gasteiger partial charge in [0, 0.05) is 6.61 Å². The predicted octanol–water partition coefficient (Wildman–Crippen LogP) is 4.45. The van der Waals surface area contributed by atoms with E-state index >= 15 is 0 Å². The van der Waals surface area contributed by atoms with Crippen molar-refractivity contribution in [3.63, 3.8) is 0 Å². The number of rotatable bonds is 3. The molecule has 2 nitrogen and oxygen atoms in total. The van der Waals surface area contributed by atoms with Crippen molar-refractivity contribution in [1.29, 1.82) is 0 Å². The molecule has 19 heavy (non-hydrogen) atoms. The van der Waals surface area contributed by atoms with Crippen molar-refractivity contribution < 1.29 is 9.67 Å². The molecule has 0 amide bonds. The molecular formula is C16H19O2P. The first-order valence-corrected chi connectivity index (χ1v) is 7.28. The van der Waals surface area contributed by atoms with Gasteiger partial charge in [0.05, 0.1) is 6.16 Å². The van der Waals surface area contributed by atoms with Crippen molar-refractivity contribution in [2.75, 3.05) is 6.61 Å². The van der Waals surface area contributed by atoms with Crippen LogP contribution in [0.5, 0.6) is 0 Å². The molecule has 2 aromatic rings. The maximum atomic E-state index is 10.7. The van der Waals surface area contributed by atoms with Gasteiger partial charge >= 0.3 is 0 Å². The molecule has 0 aromatic heterocycles. The highest BCUT2D eigenvalue weighted by Gasteiger charge is 2.05. The highest BCUT2D eigenvalue weighted by atomic mass is 31.1. The molecule has 0 saturated carbocycles. The van der Waals surface area contributed by atoms with E-state index in [-0.39, 0.29) is 15.1 Å². The molecule has 0 radical (unpaired) electrons. The van der Waals surface area contributed by atoms with Crippen LogP contribution in [-0.2, 0) is 10.7 Å². The van der Waals surface area contributed by atoms with Crippen LogP contribution in [-0.4, -0.2) is 11.7 Å². The average Bonchev–Trinajstić information content (AvgIpc) is 2.42. The van der Waals surface area contributed by atoms with Gasteiger partial charge in [-0.3, -0.25) is 4.57 Å². The summed E-state index contributed by atoms with van der Waals surface area (Å²) in [6.07, 6.45) is 0.574. The van der Waals surface area contributed by atoms with E-state index in [1.807, 2.05) is 30.3 Å². The molecule has 0 spiro atoms. The second-order valence-corrected chi connectivity index (χ2v) is 4.65. The van der Waals surface area contributed by atoms with Gasteiger partial charge in [0.25, 0.3) is 0 Å². The van der Waals surface area contributed by atoms with Crippen molar-refractivity contribution in [1.82, 2.24) is 0 Å². The molecule has 0 heterocycles. The van der Waals surface area contributed by atoms with Crippen molar-refractivity contribution in [3.8, 4) is 11.1 Å². The van der Waals surface area contributed by atoms with E-state index < -0.39 is 0 Å². The zero-order valence-corrected chi connectivity index (χ0v) is 12.2. The van der Waals surface area contributed by atoms with Gasteiger partial charge in [-0.05, 0) is 36.1 Å². The molecule has 1 N–H and O–H groups in total. The number of aliphatic hydroxyl groups is 1. The summed E-state index contributed by atoms with van der Waals surface area (Å²) in [6, 6.07) is 16.4. The molecule has 0 bridgehead atoms. The Morgan fingerprint density at radius 3 is 2.11 bits per heavy atom. The Morgan fingerprint density at radius 1 is 1.00 bits per heavy atom. The molecule has 0 aliphatic carbocycles. The first-order valence-electron chi connectivity index (χ1n) is 6.28. The molecule has 0 atom stereocenters. The molecule has 3 heteroatoms. The van der Waals surface area contributed by atoms with Gasteiger partial charge in [0.2, 0.25) is 0 Å². The number of hydrogen-bond donors (Lipinski definition) is 1. The van der Waals surface area contributed by atoms with Gasteiger partial charge in [-0.15, -0.1) is 0 Å². The van der Waals surface area contributed by atoms with Crippen LogP contribution in [0.15, 0.2) is 48.5 Å². The fourth-order valence-electron chi connectivity index (χ4n) is 1.87. The normalized spacial score (nSPS) is 9.84. The van der Waals surface area contributed by atoms with Gasteiger partial charge in [0.1, 0.15) is 0 Å². The minimum absolute atomic E-state index is 0.171. The van der Waals surface area contributed by atoms with E-state index in [1.165, 1.54) is 16.7 Å². The predicted molar refractivity (Wildman–Crippen MR) is 80.7 cm³/mol. The Labute approximate surface area is 116 Å². The summed E-state index contributed by atoms with van der Waals surface area (Å²) < 4.78 is 10.7. The van der Waals surface area contributed by atoms with Gasteiger partial charge in [-0.1, -0.05) is 48.5 Å². The monoisotopic (exact) mass is 274 g/mol. The van der Waals surface area contributed by atoms with E-state index in [1.54, 1.807) is 6.92 Å². The van der Waals surface area contributed by atoms with Crippen LogP contribution in [0, 0.1) is 6.92 Å². The maximum Gasteiger partial charge on any atom is 0.160 e. The second kappa shape index (κ2) is 8.58. The number of benzene rings is 2. The molecule has 2 rings (SSSR count). The van der Waals surface area contributed by atoms with E-state index in [4.69, 9.17) is 5.11 Å². The van der Waals surface area contributed by atoms with Crippen LogP contribution in [0.4, 0.5) is 0 Å². The Balaban J connectivity index is 0.000000550. The fraction of sp³-hybridized carbons (Fsp3) is 0.250. The van der Waals surface area contributed by atoms with Crippen LogP contribution in [0.2, 0.25) is 0 Å². The number of hydrogen-bond acceptors (Lipinski definition) is 2. The molecule has 0 aliphatic heterocycles. The average molecular weight is 274 g/mol. The lowest BCUT2D eigenvalue weighted by Crippen LogP contribution is -1.88. The molecule has 0 fully saturated rings. The molecule has 100 valence electrons. The van der Waals surface area contributed by atoms with E-state index in [2.05, 4.69) is 25.1 Å². The third kappa shape index (κ3) is 4.59. The summed E-state index contributed by atoms with van der Waals surface area (Å²) in [4.78, 5) is 0. The SMILES string of the molecule is CCO.Cc1ccccc1-c1ccccc1CP=O. The largest absolute Gasteiger partial charge is 0.397 e. The highest BCUT2D eigenvalue weighted by molar-refractivity contribution is 7.22. The van der Waals surface area contributed by atoms with Crippen LogP contribution < -0.4 is 0 Å². The summed E-state index contributed by atoms with van der Waals surface area (Å²) >= 11 is 0. The summed E-state index contributed by atoms with van der Waals surface area (Å²) in [5, 5.41) is 7.57. The third-order valence-corrected chi connectivity index (χ3v) is 3.16. The molecule has 0 unspecified atom stereocenters. The zero-order chi connectivity index (χ0) is 14.1. The Kier molecular flexibility index (Phi) is 7.02. The van der Waals surface area contributed by atoms with Crippen molar-refractivity contribution in [3.05, 3.63) is 59.7 Å². The Hall–Kier alpha value is -1.50. The summed E-state index contributed by atoms with van der Waals surface area (Å²) in [6.45, 7) is 4.03. The summed E-state index contributed by atoms with van der Waals surface area (Å²) in [5.74, 6) is 0. The van der Waals surface area contributed by atoms with Crippen molar-refractivity contribution in [2.45, 2.75) is 20.0 Å². The Bertz CT molecular complexity index is 524. The quantitative estimate of drug-likeness (QED) is 0.839. The van der Waals surface area contributed by atoms with Gasteiger partial charge in [-0.25, -0.2) is 0 Å².